The number of alkyl halides is 3. The monoisotopic (exact) mass is 514 g/mol. The summed E-state index contributed by atoms with van der Waals surface area (Å²) < 4.78 is 56.4. The van der Waals surface area contributed by atoms with Gasteiger partial charge in [-0.3, -0.25) is 0 Å². The molecular weight excluding hydrogens is 492 g/mol. The molecule has 0 radical (unpaired) electrons. The van der Waals surface area contributed by atoms with Gasteiger partial charge in [-0.25, -0.2) is 18.7 Å². The number of benzene rings is 1. The Morgan fingerprint density at radius 3 is 2.50 bits per heavy atom. The van der Waals surface area contributed by atoms with Crippen molar-refractivity contribution in [2.45, 2.75) is 19.2 Å². The summed E-state index contributed by atoms with van der Waals surface area (Å²) in [5.41, 5.74) is 6.55. The number of nitrogens with zero attached hydrogens (tertiary/aromatic N) is 3. The molecule has 182 valence electrons. The van der Waals surface area contributed by atoms with Crippen LogP contribution in [-0.4, -0.2) is 47.6 Å². The minimum absolute atomic E-state index is 0.00578. The van der Waals surface area contributed by atoms with Crippen molar-refractivity contribution in [1.29, 1.82) is 0 Å². The quantitative estimate of drug-likeness (QED) is 0.333. The van der Waals surface area contributed by atoms with Gasteiger partial charge in [-0.2, -0.15) is 9.37 Å². The van der Waals surface area contributed by atoms with Gasteiger partial charge in [0, 0.05) is 17.4 Å². The molecular formula is C21H23ClF3N6O2P. The number of rotatable bonds is 10. The van der Waals surface area contributed by atoms with Gasteiger partial charge in [0.2, 0.25) is 11.8 Å². The van der Waals surface area contributed by atoms with E-state index in [1.165, 1.54) is 12.3 Å². The summed E-state index contributed by atoms with van der Waals surface area (Å²) in [6.07, 6.45) is -4.58. The van der Waals surface area contributed by atoms with Gasteiger partial charge in [-0.15, -0.1) is 0 Å². The van der Waals surface area contributed by atoms with Crippen molar-refractivity contribution in [2.24, 2.45) is 5.73 Å². The lowest BCUT2D eigenvalue weighted by Crippen LogP contribution is -2.21. The van der Waals surface area contributed by atoms with Crippen molar-refractivity contribution in [3.05, 3.63) is 53.3 Å². The molecule has 0 aliphatic rings. The number of anilines is 4. The summed E-state index contributed by atoms with van der Waals surface area (Å²) in [5, 5.41) is 6.61. The Bertz CT molecular complexity index is 1200. The predicted octanol–water partition coefficient (Wildman–Crippen LogP) is 4.70. The molecule has 1 aromatic carbocycles. The van der Waals surface area contributed by atoms with Crippen LogP contribution in [0.15, 0.2) is 42.6 Å². The summed E-state index contributed by atoms with van der Waals surface area (Å²) >= 11 is 6.24. The highest BCUT2D eigenvalue weighted by Gasteiger charge is 2.24. The second kappa shape index (κ2) is 11.0. The van der Waals surface area contributed by atoms with Crippen LogP contribution in [0.5, 0.6) is 5.88 Å². The average Bonchev–Trinajstić information content (AvgIpc) is 2.77. The number of aromatic nitrogens is 3. The molecule has 2 aromatic heterocycles. The molecule has 0 amide bonds. The van der Waals surface area contributed by atoms with Gasteiger partial charge < -0.3 is 25.7 Å². The van der Waals surface area contributed by atoms with Crippen LogP contribution >= 0.6 is 18.7 Å². The van der Waals surface area contributed by atoms with Crippen LogP contribution in [0.2, 0.25) is 5.02 Å². The minimum atomic E-state index is -3.36. The van der Waals surface area contributed by atoms with Crippen LogP contribution in [0.4, 0.5) is 36.3 Å². The van der Waals surface area contributed by atoms with E-state index in [0.717, 1.165) is 0 Å². The van der Waals surface area contributed by atoms with E-state index in [0.29, 0.717) is 23.1 Å². The Kier molecular flexibility index (Phi) is 8.35. The van der Waals surface area contributed by atoms with Gasteiger partial charge >= 0.3 is 6.43 Å². The zero-order valence-corrected chi connectivity index (χ0v) is 20.0. The Balaban J connectivity index is 1.92. The van der Waals surface area contributed by atoms with Crippen LogP contribution in [-0.2, 0) is 11.0 Å². The van der Waals surface area contributed by atoms with Crippen LogP contribution in [0.1, 0.15) is 5.69 Å². The normalized spacial score (nSPS) is 12.5. The third-order valence-corrected chi connectivity index (χ3v) is 6.30. The highest BCUT2D eigenvalue weighted by molar-refractivity contribution is 7.70. The lowest BCUT2D eigenvalue weighted by atomic mass is 10.2. The Morgan fingerprint density at radius 1 is 1.09 bits per heavy atom. The second-order valence-electron chi connectivity index (χ2n) is 7.51. The predicted molar refractivity (Wildman–Crippen MR) is 128 cm³/mol. The Labute approximate surface area is 199 Å². The van der Waals surface area contributed by atoms with Crippen molar-refractivity contribution in [3.63, 3.8) is 0 Å². The van der Waals surface area contributed by atoms with Gasteiger partial charge in [-0.1, -0.05) is 23.7 Å². The van der Waals surface area contributed by atoms with Gasteiger partial charge in [0.25, 0.3) is 6.36 Å². The fourth-order valence-electron chi connectivity index (χ4n) is 2.92. The average molecular weight is 515 g/mol. The van der Waals surface area contributed by atoms with Gasteiger partial charge in [-0.05, 0) is 44.1 Å². The van der Waals surface area contributed by atoms with E-state index < -0.39 is 25.8 Å². The van der Waals surface area contributed by atoms with Crippen LogP contribution in [0.3, 0.4) is 0 Å². The van der Waals surface area contributed by atoms with Crippen molar-refractivity contribution in [3.8, 4) is 5.88 Å². The standard InChI is InChI=1S/C21H23ClF3N6O2P/c1-34(2,32)16-6-4-3-5-14(16)29-19-13(22)11-27-21(31-19)30-15-8-7-12(9-10-26)28-20(15)33-18(25)17(23)24/h3-8,11,17-18H,9-10,26H2,1-2H3,(H2,27,29,30,31). The van der Waals surface area contributed by atoms with E-state index in [4.69, 9.17) is 22.1 Å². The maximum Gasteiger partial charge on any atom is 0.304 e. The lowest BCUT2D eigenvalue weighted by Gasteiger charge is -2.17. The highest BCUT2D eigenvalue weighted by atomic mass is 35.5. The molecule has 0 saturated carbocycles. The van der Waals surface area contributed by atoms with Crippen molar-refractivity contribution >= 4 is 47.2 Å². The number of nitrogens with two attached hydrogens (primary N) is 1. The Morgan fingerprint density at radius 2 is 1.82 bits per heavy atom. The summed E-state index contributed by atoms with van der Waals surface area (Å²) in [4.78, 5) is 12.4. The fraction of sp³-hybridized carbons (Fsp3) is 0.286. The molecule has 0 fully saturated rings. The maximum atomic E-state index is 13.6. The van der Waals surface area contributed by atoms with Gasteiger partial charge in [0.15, 0.2) is 5.82 Å². The van der Waals surface area contributed by atoms with E-state index >= 15 is 0 Å². The topological polar surface area (TPSA) is 115 Å². The number of para-hydroxylation sites is 1. The largest absolute Gasteiger partial charge is 0.435 e. The van der Waals surface area contributed by atoms with E-state index in [-0.39, 0.29) is 29.0 Å². The van der Waals surface area contributed by atoms with Crippen LogP contribution < -0.4 is 26.4 Å². The summed E-state index contributed by atoms with van der Waals surface area (Å²) in [6, 6.07) is 10.1. The van der Waals surface area contributed by atoms with E-state index in [1.807, 2.05) is 0 Å². The molecule has 13 heteroatoms. The van der Waals surface area contributed by atoms with E-state index in [1.54, 1.807) is 43.7 Å². The van der Waals surface area contributed by atoms with Crippen LogP contribution in [0.25, 0.3) is 0 Å². The molecule has 0 spiro atoms. The zero-order valence-electron chi connectivity index (χ0n) is 18.3. The molecule has 0 aliphatic carbocycles. The van der Waals surface area contributed by atoms with E-state index in [2.05, 4.69) is 25.6 Å². The number of hydrogen-bond acceptors (Lipinski definition) is 8. The molecule has 4 N–H and O–H groups in total. The first-order valence-corrected chi connectivity index (χ1v) is 13.1. The minimum Gasteiger partial charge on any atom is -0.435 e. The first-order valence-electron chi connectivity index (χ1n) is 10.1. The maximum absolute atomic E-state index is 13.6. The Hall–Kier alpha value is -2.88. The summed E-state index contributed by atoms with van der Waals surface area (Å²) in [5.74, 6) is -0.188. The third kappa shape index (κ3) is 6.59. The molecule has 0 saturated heterocycles. The molecule has 3 rings (SSSR count). The molecule has 8 nitrogen and oxygen atoms in total. The molecule has 3 aromatic rings. The first-order chi connectivity index (χ1) is 16.1. The van der Waals surface area contributed by atoms with Crippen molar-refractivity contribution < 1.29 is 22.5 Å². The van der Waals surface area contributed by atoms with Gasteiger partial charge in [0.1, 0.15) is 17.9 Å². The number of nitrogens with one attached hydrogen (secondary N) is 2. The first kappa shape index (κ1) is 25.7. The van der Waals surface area contributed by atoms with Crippen molar-refractivity contribution in [1.82, 2.24) is 15.0 Å². The lowest BCUT2D eigenvalue weighted by molar-refractivity contribution is -0.0687. The number of halogens is 4. The SMILES string of the molecule is CP(C)(=O)c1ccccc1Nc1nc(Nc2ccc(CCN)nc2OC(F)C(F)F)ncc1Cl. The third-order valence-electron chi connectivity index (χ3n) is 4.47. The molecule has 34 heavy (non-hydrogen) atoms. The summed E-state index contributed by atoms with van der Waals surface area (Å²) in [6.45, 7) is 3.54. The summed E-state index contributed by atoms with van der Waals surface area (Å²) in [7, 11) is -2.61. The molecule has 2 heterocycles. The second-order valence-corrected chi connectivity index (χ2v) is 11.1. The molecule has 0 bridgehead atoms. The van der Waals surface area contributed by atoms with Crippen LogP contribution in [0, 0.1) is 0 Å². The van der Waals surface area contributed by atoms with E-state index in [9.17, 15) is 17.7 Å². The molecule has 1 unspecified atom stereocenters. The van der Waals surface area contributed by atoms with Crippen molar-refractivity contribution in [2.75, 3.05) is 30.5 Å². The van der Waals surface area contributed by atoms with Gasteiger partial charge in [0.05, 0.1) is 11.9 Å². The molecule has 0 aliphatic heterocycles. The smallest absolute Gasteiger partial charge is 0.304 e. The highest BCUT2D eigenvalue weighted by Crippen LogP contribution is 2.38. The number of ether oxygens (including phenoxy) is 1. The zero-order chi connectivity index (χ0) is 24.9. The number of hydrogen-bond donors (Lipinski definition) is 3. The number of pyridine rings is 1. The fourth-order valence-corrected chi connectivity index (χ4v) is 4.21. The molecule has 1 atom stereocenters.